The maximum Gasteiger partial charge on any atom is 0.261 e. The van der Waals surface area contributed by atoms with Crippen molar-refractivity contribution < 1.29 is 18.0 Å². The number of piperazine rings is 1. The Balaban J connectivity index is 1.58. The van der Waals surface area contributed by atoms with Crippen LogP contribution in [-0.2, 0) is 14.8 Å². The molecule has 0 saturated carbocycles. The molecule has 1 fully saturated rings. The lowest BCUT2D eigenvalue weighted by atomic mass is 10.1. The van der Waals surface area contributed by atoms with E-state index in [4.69, 9.17) is 11.6 Å². The van der Waals surface area contributed by atoms with Crippen molar-refractivity contribution in [2.75, 3.05) is 39.8 Å². The van der Waals surface area contributed by atoms with Crippen LogP contribution < -0.4 is 10.0 Å². The summed E-state index contributed by atoms with van der Waals surface area (Å²) in [6, 6.07) is 14.2. The highest BCUT2D eigenvalue weighted by atomic mass is 35.5. The maximum atomic E-state index is 13.4. The molecule has 8 nitrogen and oxygen atoms in total. The van der Waals surface area contributed by atoms with Gasteiger partial charge in [-0.2, -0.15) is 4.72 Å². The van der Waals surface area contributed by atoms with Crippen molar-refractivity contribution in [2.24, 2.45) is 0 Å². The van der Waals surface area contributed by atoms with Crippen LogP contribution in [0.4, 0.5) is 0 Å². The molecule has 1 aliphatic heterocycles. The number of thiophene rings is 1. The largest absolute Gasteiger partial charge is 0.349 e. The van der Waals surface area contributed by atoms with Gasteiger partial charge in [0.2, 0.25) is 15.9 Å². The van der Waals surface area contributed by atoms with Gasteiger partial charge in [-0.05, 0) is 30.6 Å². The Hall–Kier alpha value is -2.50. The summed E-state index contributed by atoms with van der Waals surface area (Å²) in [5, 5.41) is 4.01. The number of benzene rings is 2. The van der Waals surface area contributed by atoms with Gasteiger partial charge in [0.25, 0.3) is 5.91 Å². The first-order chi connectivity index (χ1) is 16.2. The smallest absolute Gasteiger partial charge is 0.261 e. The Labute approximate surface area is 207 Å². The van der Waals surface area contributed by atoms with Crippen LogP contribution in [-0.4, -0.2) is 75.8 Å². The highest BCUT2D eigenvalue weighted by Gasteiger charge is 2.32. The van der Waals surface area contributed by atoms with Crippen LogP contribution in [0.5, 0.6) is 0 Å². The number of nitrogens with zero attached hydrogens (tertiary/aromatic N) is 2. The van der Waals surface area contributed by atoms with Crippen molar-refractivity contribution in [1.82, 2.24) is 19.8 Å². The molecule has 0 aliphatic carbocycles. The molecule has 11 heteroatoms. The van der Waals surface area contributed by atoms with E-state index in [1.165, 1.54) is 6.07 Å². The van der Waals surface area contributed by atoms with E-state index in [0.29, 0.717) is 40.8 Å². The zero-order chi connectivity index (χ0) is 24.3. The SMILES string of the molecule is CN1CCN(C(=O)[C@H](CNC(=O)c2ccc(Cl)s2)NS(=O)(=O)c2cccc3ccccc23)CC1. The van der Waals surface area contributed by atoms with Gasteiger partial charge in [-0.25, -0.2) is 8.42 Å². The number of halogens is 1. The third-order valence-corrected chi connectivity index (χ3v) is 8.47. The molecule has 2 aromatic carbocycles. The Kier molecular flexibility index (Phi) is 7.54. The Bertz CT molecular complexity index is 1300. The van der Waals surface area contributed by atoms with Crippen molar-refractivity contribution in [3.05, 3.63) is 63.8 Å². The lowest BCUT2D eigenvalue weighted by molar-refractivity contribution is -0.134. The van der Waals surface area contributed by atoms with E-state index in [1.807, 2.05) is 25.2 Å². The molecule has 0 bridgehead atoms. The van der Waals surface area contributed by atoms with Gasteiger partial charge >= 0.3 is 0 Å². The van der Waals surface area contributed by atoms with Gasteiger partial charge in [0, 0.05) is 38.1 Å². The highest BCUT2D eigenvalue weighted by molar-refractivity contribution is 7.89. The fraction of sp³-hybridized carbons (Fsp3) is 0.304. The number of hydrogen-bond acceptors (Lipinski definition) is 6. The zero-order valence-corrected chi connectivity index (χ0v) is 20.9. The standard InChI is InChI=1S/C23H25ClN4O4S2/c1-27-11-13-28(14-12-27)23(30)18(15-25-22(29)19-9-10-21(24)33-19)26-34(31,32)20-8-4-6-16-5-2-3-7-17(16)20/h2-10,18,26H,11-15H2,1H3,(H,25,29)/t18-/m0/s1. The van der Waals surface area contributed by atoms with Gasteiger partial charge in [0.15, 0.2) is 0 Å². The van der Waals surface area contributed by atoms with Gasteiger partial charge in [-0.1, -0.05) is 48.0 Å². The van der Waals surface area contributed by atoms with E-state index < -0.39 is 22.0 Å². The van der Waals surface area contributed by atoms with E-state index in [-0.39, 0.29) is 17.3 Å². The topological polar surface area (TPSA) is 98.8 Å². The fourth-order valence-electron chi connectivity index (χ4n) is 3.83. The minimum atomic E-state index is -4.07. The molecule has 0 radical (unpaired) electrons. The van der Waals surface area contributed by atoms with Crippen LogP contribution in [0.1, 0.15) is 9.67 Å². The molecule has 2 heterocycles. The average Bonchev–Trinajstić information content (AvgIpc) is 3.27. The van der Waals surface area contributed by atoms with Crippen LogP contribution in [0.3, 0.4) is 0 Å². The van der Waals surface area contributed by atoms with E-state index in [9.17, 15) is 18.0 Å². The van der Waals surface area contributed by atoms with Crippen LogP contribution in [0, 0.1) is 0 Å². The van der Waals surface area contributed by atoms with Crippen molar-refractivity contribution in [2.45, 2.75) is 10.9 Å². The Morgan fingerprint density at radius 2 is 1.74 bits per heavy atom. The van der Waals surface area contributed by atoms with E-state index in [1.54, 1.807) is 35.2 Å². The summed E-state index contributed by atoms with van der Waals surface area (Å²) in [6.07, 6.45) is 0. The van der Waals surface area contributed by atoms with Crippen LogP contribution in [0.2, 0.25) is 4.34 Å². The van der Waals surface area contributed by atoms with Crippen LogP contribution in [0.25, 0.3) is 10.8 Å². The summed E-state index contributed by atoms with van der Waals surface area (Å²) in [5.41, 5.74) is 0. The van der Waals surface area contributed by atoms with Crippen molar-refractivity contribution in [3.63, 3.8) is 0 Å². The lowest BCUT2D eigenvalue weighted by Gasteiger charge is -2.34. The second-order valence-corrected chi connectivity index (χ2v) is 11.5. The first kappa shape index (κ1) is 24.6. The monoisotopic (exact) mass is 520 g/mol. The summed E-state index contributed by atoms with van der Waals surface area (Å²) < 4.78 is 29.8. The summed E-state index contributed by atoms with van der Waals surface area (Å²) in [7, 11) is -2.10. The molecule has 2 N–H and O–H groups in total. The first-order valence-corrected chi connectivity index (χ1v) is 13.4. The average molecular weight is 521 g/mol. The molecular formula is C23H25ClN4O4S2. The quantitative estimate of drug-likeness (QED) is 0.498. The van der Waals surface area contributed by atoms with Crippen molar-refractivity contribution >= 4 is 55.5 Å². The number of carbonyl (C=O) groups is 2. The lowest BCUT2D eigenvalue weighted by Crippen LogP contribution is -2.57. The molecule has 0 spiro atoms. The molecule has 0 unspecified atom stereocenters. The molecule has 4 rings (SSSR count). The molecule has 1 aromatic heterocycles. The summed E-state index contributed by atoms with van der Waals surface area (Å²) >= 11 is 7.03. The summed E-state index contributed by atoms with van der Waals surface area (Å²) in [5.74, 6) is -0.793. The number of amides is 2. The second kappa shape index (κ2) is 10.4. The van der Waals surface area contributed by atoms with Crippen molar-refractivity contribution in [3.8, 4) is 0 Å². The number of carbonyl (C=O) groups excluding carboxylic acids is 2. The molecule has 1 saturated heterocycles. The van der Waals surface area contributed by atoms with Gasteiger partial charge in [0.05, 0.1) is 14.1 Å². The molecule has 2 amide bonds. The number of hydrogen-bond donors (Lipinski definition) is 2. The third kappa shape index (κ3) is 5.59. The Morgan fingerprint density at radius 1 is 1.03 bits per heavy atom. The predicted octanol–water partition coefficient (Wildman–Crippen LogP) is 2.41. The van der Waals surface area contributed by atoms with E-state index in [2.05, 4.69) is 14.9 Å². The molecular weight excluding hydrogens is 496 g/mol. The van der Waals surface area contributed by atoms with E-state index >= 15 is 0 Å². The summed E-state index contributed by atoms with van der Waals surface area (Å²) in [4.78, 5) is 30.1. The molecule has 180 valence electrons. The molecule has 34 heavy (non-hydrogen) atoms. The van der Waals surface area contributed by atoms with Crippen LogP contribution >= 0.6 is 22.9 Å². The number of fused-ring (bicyclic) bond motifs is 1. The maximum absolute atomic E-state index is 13.4. The number of likely N-dealkylation sites (N-methyl/N-ethyl adjacent to an activating group) is 1. The van der Waals surface area contributed by atoms with Gasteiger partial charge in [0.1, 0.15) is 6.04 Å². The number of sulfonamides is 1. The summed E-state index contributed by atoms with van der Waals surface area (Å²) in [6.45, 7) is 2.15. The van der Waals surface area contributed by atoms with Crippen LogP contribution in [0.15, 0.2) is 59.5 Å². The molecule has 1 atom stereocenters. The number of rotatable bonds is 7. The second-order valence-electron chi connectivity index (χ2n) is 8.09. The van der Waals surface area contributed by atoms with Gasteiger partial charge in [-0.3, -0.25) is 9.59 Å². The first-order valence-electron chi connectivity index (χ1n) is 10.8. The van der Waals surface area contributed by atoms with Crippen molar-refractivity contribution in [1.29, 1.82) is 0 Å². The third-order valence-electron chi connectivity index (χ3n) is 5.71. The zero-order valence-electron chi connectivity index (χ0n) is 18.5. The minimum Gasteiger partial charge on any atom is -0.349 e. The van der Waals surface area contributed by atoms with E-state index in [0.717, 1.165) is 16.7 Å². The van der Waals surface area contributed by atoms with Gasteiger partial charge < -0.3 is 15.1 Å². The molecule has 3 aromatic rings. The Morgan fingerprint density at radius 3 is 2.44 bits per heavy atom. The normalized spacial score (nSPS) is 15.9. The van der Waals surface area contributed by atoms with Gasteiger partial charge in [-0.15, -0.1) is 11.3 Å². The predicted molar refractivity (Wildman–Crippen MR) is 134 cm³/mol. The fourth-order valence-corrected chi connectivity index (χ4v) is 6.20. The molecule has 1 aliphatic rings. The minimum absolute atomic E-state index is 0.0816. The highest BCUT2D eigenvalue weighted by Crippen LogP contribution is 2.23. The number of nitrogens with one attached hydrogen (secondary N) is 2.